The van der Waals surface area contributed by atoms with Gasteiger partial charge >= 0.3 is 0 Å². The summed E-state index contributed by atoms with van der Waals surface area (Å²) >= 11 is 0. The summed E-state index contributed by atoms with van der Waals surface area (Å²) in [6.07, 6.45) is 9.01. The predicted octanol–water partition coefficient (Wildman–Crippen LogP) is 4.58. The molecule has 1 spiro atoms. The van der Waals surface area contributed by atoms with Crippen LogP contribution in [0.3, 0.4) is 0 Å². The van der Waals surface area contributed by atoms with Crippen molar-refractivity contribution in [2.45, 2.75) is 78.4 Å². The van der Waals surface area contributed by atoms with Crippen molar-refractivity contribution >= 4 is 5.71 Å². The molecule has 5 rings (SSSR count). The molecule has 3 unspecified atom stereocenters. The molecule has 0 amide bonds. The second-order valence-electron chi connectivity index (χ2n) is 10.9. The molecule has 5 fully saturated rings. The highest BCUT2D eigenvalue weighted by molar-refractivity contribution is 5.92. The van der Waals surface area contributed by atoms with Crippen molar-refractivity contribution in [3.8, 4) is 0 Å². The lowest BCUT2D eigenvalue weighted by atomic mass is 9.42. The molecule has 27 heavy (non-hydrogen) atoms. The van der Waals surface area contributed by atoms with E-state index in [1.165, 1.54) is 44.2 Å². The number of nitrogens with two attached hydrogens (primary N) is 1. The zero-order chi connectivity index (χ0) is 19.0. The first kappa shape index (κ1) is 18.4. The van der Waals surface area contributed by atoms with Crippen LogP contribution in [0.5, 0.6) is 0 Å². The lowest BCUT2D eigenvalue weighted by molar-refractivity contribution is -0.288. The van der Waals surface area contributed by atoms with Crippen LogP contribution in [0.25, 0.3) is 0 Å². The van der Waals surface area contributed by atoms with Gasteiger partial charge in [-0.05, 0) is 74.0 Å². The van der Waals surface area contributed by atoms with Gasteiger partial charge in [0.1, 0.15) is 0 Å². The van der Waals surface area contributed by atoms with Crippen molar-refractivity contribution < 1.29 is 9.47 Å². The monoisotopic (exact) mass is 374 g/mol. The number of nitrogens with zero attached hydrogens (tertiary/aromatic N) is 1. The van der Waals surface area contributed by atoms with E-state index in [1.807, 2.05) is 0 Å². The Bertz CT molecular complexity index is 642. The van der Waals surface area contributed by atoms with Gasteiger partial charge in [0.05, 0.1) is 13.2 Å². The van der Waals surface area contributed by atoms with Gasteiger partial charge in [0.2, 0.25) is 0 Å². The Balaban J connectivity index is 1.47. The molecule has 1 saturated heterocycles. The second-order valence-corrected chi connectivity index (χ2v) is 10.9. The summed E-state index contributed by atoms with van der Waals surface area (Å²) in [6.45, 7) is 11.4. The van der Waals surface area contributed by atoms with Crippen LogP contribution in [0.15, 0.2) is 5.10 Å². The normalized spacial score (nSPS) is 55.3. The molecule has 0 aromatic carbocycles. The van der Waals surface area contributed by atoms with Crippen LogP contribution in [-0.4, -0.2) is 24.7 Å². The number of ether oxygens (including phenoxy) is 2. The smallest absolute Gasteiger partial charge is 0.173 e. The Morgan fingerprint density at radius 1 is 0.963 bits per heavy atom. The molecule has 0 bridgehead atoms. The summed E-state index contributed by atoms with van der Waals surface area (Å²) in [5.74, 6) is 9.65. The molecule has 0 radical (unpaired) electrons. The van der Waals surface area contributed by atoms with Crippen molar-refractivity contribution in [2.75, 3.05) is 13.2 Å². The summed E-state index contributed by atoms with van der Waals surface area (Å²) in [7, 11) is 0. The summed E-state index contributed by atoms with van der Waals surface area (Å²) in [6, 6.07) is 0. The van der Waals surface area contributed by atoms with Crippen LogP contribution in [-0.2, 0) is 9.47 Å². The number of hydrogen-bond donors (Lipinski definition) is 1. The molecule has 4 saturated carbocycles. The van der Waals surface area contributed by atoms with Crippen molar-refractivity contribution in [1.82, 2.24) is 0 Å². The van der Waals surface area contributed by atoms with Gasteiger partial charge in [0, 0.05) is 23.0 Å². The van der Waals surface area contributed by atoms with Gasteiger partial charge in [-0.15, -0.1) is 0 Å². The number of fused-ring (bicyclic) bond motifs is 5. The number of hydrazone groups is 1. The summed E-state index contributed by atoms with van der Waals surface area (Å²) in [5, 5.41) is 4.24. The fraction of sp³-hybridized carbons (Fsp3) is 0.957. The van der Waals surface area contributed by atoms with E-state index in [0.717, 1.165) is 43.3 Å². The topological polar surface area (TPSA) is 56.8 Å². The third kappa shape index (κ3) is 2.20. The maximum absolute atomic E-state index is 6.30. The fourth-order valence-corrected chi connectivity index (χ4v) is 9.13. The minimum absolute atomic E-state index is 0.268. The van der Waals surface area contributed by atoms with Crippen LogP contribution in [0.4, 0.5) is 0 Å². The van der Waals surface area contributed by atoms with Crippen molar-refractivity contribution in [1.29, 1.82) is 0 Å². The molecule has 4 aliphatic carbocycles. The van der Waals surface area contributed by atoms with Gasteiger partial charge in [0.15, 0.2) is 5.79 Å². The number of rotatable bonds is 0. The van der Waals surface area contributed by atoms with E-state index in [2.05, 4.69) is 32.8 Å². The van der Waals surface area contributed by atoms with Gasteiger partial charge in [-0.25, -0.2) is 0 Å². The van der Waals surface area contributed by atoms with Gasteiger partial charge in [0.25, 0.3) is 0 Å². The van der Waals surface area contributed by atoms with Crippen molar-refractivity contribution in [2.24, 2.45) is 57.3 Å². The Kier molecular flexibility index (Phi) is 4.06. The number of hydrogen-bond acceptors (Lipinski definition) is 4. The fourth-order valence-electron chi connectivity index (χ4n) is 9.13. The first-order valence-electron chi connectivity index (χ1n) is 11.4. The average molecular weight is 375 g/mol. The van der Waals surface area contributed by atoms with Crippen LogP contribution in [0.2, 0.25) is 0 Å². The second kappa shape index (κ2) is 5.95. The molecule has 4 nitrogen and oxygen atoms in total. The van der Waals surface area contributed by atoms with Crippen LogP contribution >= 0.6 is 0 Å². The van der Waals surface area contributed by atoms with Crippen molar-refractivity contribution in [3.05, 3.63) is 0 Å². The molecule has 1 aliphatic heterocycles. The summed E-state index contributed by atoms with van der Waals surface area (Å²) in [5.41, 5.74) is 1.99. The first-order chi connectivity index (χ1) is 12.9. The van der Waals surface area contributed by atoms with E-state index in [1.54, 1.807) is 0 Å². The molecule has 5 aliphatic rings. The SMILES string of the molecule is CC1C[C@@]2(C)C(CC[C@@H]3[C@@H]2CC[C@]2(C)/C(=N\N)CC[C@@H]32)C(C)C12OCCO2. The van der Waals surface area contributed by atoms with E-state index < -0.39 is 0 Å². The lowest BCUT2D eigenvalue weighted by Crippen LogP contribution is -2.62. The zero-order valence-electron chi connectivity index (χ0n) is 17.7. The highest BCUT2D eigenvalue weighted by atomic mass is 16.7. The highest BCUT2D eigenvalue weighted by Gasteiger charge is 2.65. The molecule has 0 aromatic rings. The average Bonchev–Trinajstić information content (AvgIpc) is 3.25. The molecule has 8 atom stereocenters. The maximum Gasteiger partial charge on any atom is 0.173 e. The van der Waals surface area contributed by atoms with Gasteiger partial charge in [-0.3, -0.25) is 0 Å². The van der Waals surface area contributed by atoms with Crippen LogP contribution in [0, 0.1) is 46.3 Å². The minimum Gasteiger partial charge on any atom is -0.347 e. The van der Waals surface area contributed by atoms with E-state index in [9.17, 15) is 0 Å². The molecule has 0 aromatic heterocycles. The highest BCUT2D eigenvalue weighted by Crippen LogP contribution is 2.68. The van der Waals surface area contributed by atoms with Gasteiger partial charge < -0.3 is 15.3 Å². The largest absolute Gasteiger partial charge is 0.347 e. The van der Waals surface area contributed by atoms with Gasteiger partial charge in [-0.1, -0.05) is 27.7 Å². The zero-order valence-corrected chi connectivity index (χ0v) is 17.7. The van der Waals surface area contributed by atoms with Crippen molar-refractivity contribution in [3.63, 3.8) is 0 Å². The summed E-state index contributed by atoms with van der Waals surface area (Å²) in [4.78, 5) is 0. The molecule has 152 valence electrons. The van der Waals surface area contributed by atoms with Crippen LogP contribution < -0.4 is 5.84 Å². The third-order valence-corrected chi connectivity index (χ3v) is 10.2. The predicted molar refractivity (Wildman–Crippen MR) is 107 cm³/mol. The Labute approximate surface area is 164 Å². The summed E-state index contributed by atoms with van der Waals surface area (Å²) < 4.78 is 12.6. The molecule has 4 heteroatoms. The molecule has 1 heterocycles. The lowest BCUT2D eigenvalue weighted by Gasteiger charge is -2.64. The quantitative estimate of drug-likeness (QED) is 0.499. The molecular weight excluding hydrogens is 336 g/mol. The maximum atomic E-state index is 6.30. The van der Waals surface area contributed by atoms with E-state index >= 15 is 0 Å². The molecule has 2 N–H and O–H groups in total. The van der Waals surface area contributed by atoms with E-state index in [4.69, 9.17) is 15.3 Å². The standard InChI is InChI=1S/C23H38N2O2/c1-14-13-22(4)17(15(2)23(14)26-11-12-27-23)6-5-16-18-7-8-20(25-24)21(18,3)10-9-19(16)22/h14-19H,5-13,24H2,1-4H3/b25-20-/t14?,15?,16-,17?,18-,19-,21-,22-/m0/s1. The van der Waals surface area contributed by atoms with E-state index in [-0.39, 0.29) is 11.2 Å². The van der Waals surface area contributed by atoms with Crippen LogP contribution in [0.1, 0.15) is 72.6 Å². The minimum atomic E-state index is -0.313. The Morgan fingerprint density at radius 3 is 2.41 bits per heavy atom. The Morgan fingerprint density at radius 2 is 1.70 bits per heavy atom. The Hall–Kier alpha value is -0.610. The third-order valence-electron chi connectivity index (χ3n) is 10.2. The van der Waals surface area contributed by atoms with Gasteiger partial charge in [-0.2, -0.15) is 5.10 Å². The van der Waals surface area contributed by atoms with E-state index in [0.29, 0.717) is 17.3 Å². The molecular formula is C23H38N2O2. The first-order valence-corrected chi connectivity index (χ1v) is 11.4.